The lowest BCUT2D eigenvalue weighted by atomic mass is 10.2. The number of amides is 1. The standard InChI is InChI=1S/C18H20F3NO3S/c1-3-15-11(2)8-16(26-15)17(24)22-9-13(23)10-25-14-6-4-12(5-7-14)18(19,20)21/h4-8,13,23H,3,9-10H2,1-2H3,(H,22,24). The Bertz CT molecular complexity index is 741. The van der Waals surface area contributed by atoms with Crippen molar-refractivity contribution in [2.45, 2.75) is 32.5 Å². The maximum absolute atomic E-state index is 12.5. The molecule has 0 spiro atoms. The largest absolute Gasteiger partial charge is 0.491 e. The Morgan fingerprint density at radius 2 is 1.96 bits per heavy atom. The number of alkyl halides is 3. The average molecular weight is 387 g/mol. The van der Waals surface area contributed by atoms with Gasteiger partial charge in [-0.25, -0.2) is 0 Å². The smallest absolute Gasteiger partial charge is 0.416 e. The molecule has 2 N–H and O–H groups in total. The minimum absolute atomic E-state index is 0.0160. The summed E-state index contributed by atoms with van der Waals surface area (Å²) in [5, 5.41) is 12.5. The van der Waals surface area contributed by atoms with E-state index in [1.807, 2.05) is 19.9 Å². The van der Waals surface area contributed by atoms with Crippen molar-refractivity contribution < 1.29 is 27.8 Å². The SMILES string of the molecule is CCc1sc(C(=O)NCC(O)COc2ccc(C(F)(F)F)cc2)cc1C. The van der Waals surface area contributed by atoms with Crippen LogP contribution in [-0.4, -0.2) is 30.3 Å². The molecule has 4 nitrogen and oxygen atoms in total. The number of nitrogens with one attached hydrogen (secondary N) is 1. The van der Waals surface area contributed by atoms with Gasteiger partial charge in [-0.3, -0.25) is 4.79 Å². The molecule has 142 valence electrons. The molecular formula is C18H20F3NO3S. The van der Waals surface area contributed by atoms with Crippen LogP contribution in [0.5, 0.6) is 5.75 Å². The van der Waals surface area contributed by atoms with Crippen LogP contribution in [0.2, 0.25) is 0 Å². The Balaban J connectivity index is 1.79. The van der Waals surface area contributed by atoms with Gasteiger partial charge < -0.3 is 15.2 Å². The highest BCUT2D eigenvalue weighted by atomic mass is 32.1. The summed E-state index contributed by atoms with van der Waals surface area (Å²) in [6.45, 7) is 3.80. The Kier molecular flexibility index (Phi) is 6.66. The van der Waals surface area contributed by atoms with Gasteiger partial charge in [0.2, 0.25) is 0 Å². The van der Waals surface area contributed by atoms with E-state index in [1.54, 1.807) is 0 Å². The van der Waals surface area contributed by atoms with E-state index in [9.17, 15) is 23.1 Å². The molecule has 1 heterocycles. The molecule has 0 radical (unpaired) electrons. The molecule has 1 aromatic carbocycles. The number of aliphatic hydroxyl groups excluding tert-OH is 1. The maximum Gasteiger partial charge on any atom is 0.416 e. The van der Waals surface area contributed by atoms with Crippen molar-refractivity contribution >= 4 is 17.2 Å². The van der Waals surface area contributed by atoms with Gasteiger partial charge in [0.1, 0.15) is 18.5 Å². The van der Waals surface area contributed by atoms with Gasteiger partial charge in [-0.1, -0.05) is 6.92 Å². The molecule has 8 heteroatoms. The second kappa shape index (κ2) is 8.55. The molecule has 0 saturated heterocycles. The van der Waals surface area contributed by atoms with E-state index in [0.29, 0.717) is 4.88 Å². The summed E-state index contributed by atoms with van der Waals surface area (Å²) >= 11 is 1.42. The number of aryl methyl sites for hydroxylation is 2. The zero-order valence-electron chi connectivity index (χ0n) is 14.4. The molecule has 2 aromatic rings. The van der Waals surface area contributed by atoms with Crippen LogP contribution in [0.3, 0.4) is 0 Å². The van der Waals surface area contributed by atoms with Crippen molar-refractivity contribution in [3.05, 3.63) is 51.2 Å². The van der Waals surface area contributed by atoms with Gasteiger partial charge in [0, 0.05) is 11.4 Å². The quantitative estimate of drug-likeness (QED) is 0.760. The molecule has 0 saturated carbocycles. The van der Waals surface area contributed by atoms with Crippen LogP contribution in [0.25, 0.3) is 0 Å². The molecule has 0 aliphatic heterocycles. The topological polar surface area (TPSA) is 58.6 Å². The van der Waals surface area contributed by atoms with Crippen LogP contribution in [0, 0.1) is 6.92 Å². The van der Waals surface area contributed by atoms with Crippen LogP contribution in [0.1, 0.15) is 32.6 Å². The van der Waals surface area contributed by atoms with E-state index in [0.717, 1.165) is 29.0 Å². The summed E-state index contributed by atoms with van der Waals surface area (Å²) in [4.78, 5) is 13.8. The Labute approximate surface area is 153 Å². The highest BCUT2D eigenvalue weighted by molar-refractivity contribution is 7.14. The summed E-state index contributed by atoms with van der Waals surface area (Å²) in [7, 11) is 0. The number of carbonyl (C=O) groups excluding carboxylic acids is 1. The minimum atomic E-state index is -4.40. The van der Waals surface area contributed by atoms with E-state index in [2.05, 4.69) is 5.32 Å². The second-order valence-corrected chi connectivity index (χ2v) is 6.90. The second-order valence-electron chi connectivity index (χ2n) is 5.77. The molecule has 0 bridgehead atoms. The van der Waals surface area contributed by atoms with Crippen LogP contribution in [0.15, 0.2) is 30.3 Å². The summed E-state index contributed by atoms with van der Waals surface area (Å²) in [6, 6.07) is 6.01. The number of carbonyl (C=O) groups is 1. The lowest BCUT2D eigenvalue weighted by Crippen LogP contribution is -2.35. The van der Waals surface area contributed by atoms with E-state index in [1.165, 1.54) is 23.5 Å². The molecular weight excluding hydrogens is 367 g/mol. The number of aliphatic hydroxyl groups is 1. The summed E-state index contributed by atoms with van der Waals surface area (Å²) in [6.07, 6.45) is -4.53. The molecule has 2 rings (SSSR count). The van der Waals surface area contributed by atoms with Gasteiger partial charge >= 0.3 is 6.18 Å². The van der Waals surface area contributed by atoms with Gasteiger partial charge in [-0.05, 0) is 49.2 Å². The molecule has 0 fully saturated rings. The van der Waals surface area contributed by atoms with Crippen molar-refractivity contribution in [2.75, 3.05) is 13.2 Å². The van der Waals surface area contributed by atoms with E-state index >= 15 is 0 Å². The number of thiophene rings is 1. The van der Waals surface area contributed by atoms with E-state index in [4.69, 9.17) is 4.74 Å². The molecule has 1 amide bonds. The summed E-state index contributed by atoms with van der Waals surface area (Å²) in [5.74, 6) is -0.0591. The highest BCUT2D eigenvalue weighted by Crippen LogP contribution is 2.30. The Morgan fingerprint density at radius 3 is 2.50 bits per heavy atom. The first kappa shape index (κ1) is 20.3. The van der Waals surface area contributed by atoms with Crippen molar-refractivity contribution in [1.82, 2.24) is 5.32 Å². The summed E-state index contributed by atoms with van der Waals surface area (Å²) < 4.78 is 42.7. The molecule has 26 heavy (non-hydrogen) atoms. The highest BCUT2D eigenvalue weighted by Gasteiger charge is 2.30. The number of benzene rings is 1. The van der Waals surface area contributed by atoms with Gasteiger partial charge in [0.05, 0.1) is 10.4 Å². The predicted octanol–water partition coefficient (Wildman–Crippen LogP) is 3.81. The zero-order chi connectivity index (χ0) is 19.3. The zero-order valence-corrected chi connectivity index (χ0v) is 15.2. The fourth-order valence-corrected chi connectivity index (χ4v) is 3.30. The predicted molar refractivity (Wildman–Crippen MR) is 93.7 cm³/mol. The first-order valence-corrected chi connectivity index (χ1v) is 8.88. The van der Waals surface area contributed by atoms with E-state index in [-0.39, 0.29) is 24.8 Å². The number of ether oxygens (including phenoxy) is 1. The van der Waals surface area contributed by atoms with Gasteiger partial charge in [-0.15, -0.1) is 11.3 Å². The summed E-state index contributed by atoms with van der Waals surface area (Å²) in [5.41, 5.74) is 0.296. The van der Waals surface area contributed by atoms with Crippen molar-refractivity contribution in [1.29, 1.82) is 0 Å². The molecule has 0 aliphatic carbocycles. The third-order valence-electron chi connectivity index (χ3n) is 3.69. The third kappa shape index (κ3) is 5.47. The van der Waals surface area contributed by atoms with E-state index < -0.39 is 17.8 Å². The fraction of sp³-hybridized carbons (Fsp3) is 0.389. The average Bonchev–Trinajstić information content (AvgIpc) is 2.98. The first-order chi connectivity index (χ1) is 12.2. The van der Waals surface area contributed by atoms with Crippen LogP contribution in [0.4, 0.5) is 13.2 Å². The number of halogens is 3. The van der Waals surface area contributed by atoms with Gasteiger partial charge in [0.15, 0.2) is 0 Å². The van der Waals surface area contributed by atoms with Gasteiger partial charge in [-0.2, -0.15) is 13.2 Å². The monoisotopic (exact) mass is 387 g/mol. The Morgan fingerprint density at radius 1 is 1.31 bits per heavy atom. The third-order valence-corrected chi connectivity index (χ3v) is 5.07. The van der Waals surface area contributed by atoms with Gasteiger partial charge in [0.25, 0.3) is 5.91 Å². The lowest BCUT2D eigenvalue weighted by molar-refractivity contribution is -0.137. The fourth-order valence-electron chi connectivity index (χ4n) is 2.27. The van der Waals surface area contributed by atoms with Crippen molar-refractivity contribution in [2.24, 2.45) is 0 Å². The molecule has 1 aromatic heterocycles. The van der Waals surface area contributed by atoms with Crippen molar-refractivity contribution in [3.63, 3.8) is 0 Å². The number of hydrogen-bond donors (Lipinski definition) is 2. The lowest BCUT2D eigenvalue weighted by Gasteiger charge is -2.13. The number of hydrogen-bond acceptors (Lipinski definition) is 4. The number of rotatable bonds is 7. The normalized spacial score (nSPS) is 12.7. The Hall–Kier alpha value is -2.06. The van der Waals surface area contributed by atoms with Crippen LogP contribution < -0.4 is 10.1 Å². The van der Waals surface area contributed by atoms with Crippen LogP contribution in [-0.2, 0) is 12.6 Å². The maximum atomic E-state index is 12.5. The molecule has 1 atom stereocenters. The first-order valence-electron chi connectivity index (χ1n) is 8.06. The van der Waals surface area contributed by atoms with Crippen LogP contribution >= 0.6 is 11.3 Å². The molecule has 1 unspecified atom stereocenters. The minimum Gasteiger partial charge on any atom is -0.491 e. The van der Waals surface area contributed by atoms with Crippen molar-refractivity contribution in [3.8, 4) is 5.75 Å². The molecule has 0 aliphatic rings.